The number of hydrogen-bond acceptors (Lipinski definition) is 6. The van der Waals surface area contributed by atoms with Gasteiger partial charge in [0.1, 0.15) is 24.6 Å². The molecule has 0 radical (unpaired) electrons. The second-order valence-corrected chi connectivity index (χ2v) is 8.51. The summed E-state index contributed by atoms with van der Waals surface area (Å²) in [6.45, 7) is 6.97. The zero-order chi connectivity index (χ0) is 20.7. The van der Waals surface area contributed by atoms with E-state index in [1.807, 2.05) is 25.1 Å². The number of pyridine rings is 2. The number of nitrogens with zero attached hydrogens (tertiary/aromatic N) is 4. The van der Waals surface area contributed by atoms with Crippen LogP contribution in [0.4, 0.5) is 0 Å². The van der Waals surface area contributed by atoms with Crippen LogP contribution in [0.2, 0.25) is 0 Å². The van der Waals surface area contributed by atoms with E-state index in [9.17, 15) is 0 Å². The van der Waals surface area contributed by atoms with Crippen LogP contribution in [0.3, 0.4) is 0 Å². The molecule has 154 valence electrons. The summed E-state index contributed by atoms with van der Waals surface area (Å²) in [5, 5.41) is 9.21. The highest BCUT2D eigenvalue weighted by Crippen LogP contribution is 2.22. The van der Waals surface area contributed by atoms with Gasteiger partial charge in [-0.1, -0.05) is 52.2 Å². The summed E-state index contributed by atoms with van der Waals surface area (Å²) in [5.41, 5.74) is 5.46. The van der Waals surface area contributed by atoms with Crippen LogP contribution in [0, 0.1) is 12.3 Å². The van der Waals surface area contributed by atoms with Crippen LogP contribution in [-0.2, 0) is 16.1 Å². The van der Waals surface area contributed by atoms with E-state index in [0.29, 0.717) is 18.5 Å². The lowest BCUT2D eigenvalue weighted by molar-refractivity contribution is -0.000132. The first-order chi connectivity index (χ1) is 14.0. The second-order valence-electron chi connectivity index (χ2n) is 7.95. The van der Waals surface area contributed by atoms with E-state index in [-0.39, 0.29) is 5.41 Å². The molecule has 0 aliphatic heterocycles. The van der Waals surface area contributed by atoms with Crippen LogP contribution < -0.4 is 0 Å². The topological polar surface area (TPSA) is 69.0 Å². The molecule has 29 heavy (non-hydrogen) atoms. The van der Waals surface area contributed by atoms with Gasteiger partial charge in [0.2, 0.25) is 0 Å². The highest BCUT2D eigenvalue weighted by Gasteiger charge is 2.22. The summed E-state index contributed by atoms with van der Waals surface area (Å²) in [6, 6.07) is 9.91. The van der Waals surface area contributed by atoms with Gasteiger partial charge in [0, 0.05) is 17.3 Å². The Morgan fingerprint density at radius 2 is 1.97 bits per heavy atom. The number of oxime groups is 2. The van der Waals surface area contributed by atoms with Crippen LogP contribution in [0.1, 0.15) is 49.3 Å². The van der Waals surface area contributed by atoms with Gasteiger partial charge < -0.3 is 9.68 Å². The zero-order valence-corrected chi connectivity index (χ0v) is 18.8. The van der Waals surface area contributed by atoms with E-state index >= 15 is 0 Å². The van der Waals surface area contributed by atoms with Crippen LogP contribution in [-0.4, -0.2) is 39.9 Å². The molecule has 2 heterocycles. The summed E-state index contributed by atoms with van der Waals surface area (Å²) in [4.78, 5) is 20.3. The van der Waals surface area contributed by atoms with Gasteiger partial charge >= 0.3 is 0 Å². The minimum atomic E-state index is -0.243. The monoisotopic (exact) mass is 458 g/mol. The molecule has 0 bridgehead atoms. The normalized spacial score (nSPS) is 15.9. The maximum atomic E-state index is 5.70. The number of rotatable bonds is 8. The molecule has 1 aliphatic rings. The third-order valence-corrected chi connectivity index (χ3v) is 5.13. The molecule has 0 amide bonds. The molecule has 2 aromatic rings. The number of halogens is 1. The smallest absolute Gasteiger partial charge is 0.125 e. The molecule has 3 rings (SSSR count). The zero-order valence-electron chi connectivity index (χ0n) is 17.2. The fourth-order valence-electron chi connectivity index (χ4n) is 2.98. The molecule has 0 spiro atoms. The third kappa shape index (κ3) is 6.10. The van der Waals surface area contributed by atoms with Gasteiger partial charge in [0.05, 0.1) is 16.7 Å². The molecule has 2 aromatic heterocycles. The van der Waals surface area contributed by atoms with Crippen molar-refractivity contribution in [1.29, 1.82) is 0 Å². The summed E-state index contributed by atoms with van der Waals surface area (Å²) in [6.07, 6.45) is 4.75. The molecule has 0 saturated heterocycles. The Bertz CT molecular complexity index is 882. The van der Waals surface area contributed by atoms with Gasteiger partial charge in [-0.05, 0) is 49.9 Å². The lowest BCUT2D eigenvalue weighted by atomic mass is 9.94. The predicted molar refractivity (Wildman–Crippen MR) is 119 cm³/mol. The van der Waals surface area contributed by atoms with Crippen molar-refractivity contribution >= 4 is 27.4 Å². The van der Waals surface area contributed by atoms with Gasteiger partial charge in [-0.15, -0.1) is 0 Å². The molecule has 0 fully saturated rings. The van der Waals surface area contributed by atoms with E-state index in [1.165, 1.54) is 5.56 Å². The fraction of sp³-hybridized carbons (Fsp3) is 0.455. The third-order valence-electron chi connectivity index (χ3n) is 4.60. The molecular weight excluding hydrogens is 432 g/mol. The van der Waals surface area contributed by atoms with Gasteiger partial charge in [-0.2, -0.15) is 0 Å². The molecule has 6 nitrogen and oxygen atoms in total. The molecule has 0 N–H and O–H groups in total. The van der Waals surface area contributed by atoms with Gasteiger partial charge in [-0.25, -0.2) is 0 Å². The maximum absolute atomic E-state index is 5.70. The quantitative estimate of drug-likeness (QED) is 0.327. The minimum absolute atomic E-state index is 0.243. The van der Waals surface area contributed by atoms with Crippen LogP contribution in [0.25, 0.3) is 0 Å². The lowest BCUT2D eigenvalue weighted by Gasteiger charge is -2.22. The summed E-state index contributed by atoms with van der Waals surface area (Å²) in [7, 11) is 0. The average molecular weight is 459 g/mol. The van der Waals surface area contributed by atoms with Gasteiger partial charge in [-0.3, -0.25) is 9.97 Å². The summed E-state index contributed by atoms with van der Waals surface area (Å²) in [5.74, 6) is 0. The van der Waals surface area contributed by atoms with E-state index in [0.717, 1.165) is 47.8 Å². The van der Waals surface area contributed by atoms with Crippen molar-refractivity contribution in [2.24, 2.45) is 15.7 Å². The van der Waals surface area contributed by atoms with E-state index in [2.05, 4.69) is 62.2 Å². The van der Waals surface area contributed by atoms with Crippen molar-refractivity contribution in [2.75, 3.05) is 18.5 Å². The number of fused-ring (bicyclic) bond motifs is 1. The van der Waals surface area contributed by atoms with Crippen LogP contribution in [0.15, 0.2) is 46.8 Å². The Kier molecular flexibility index (Phi) is 7.36. The van der Waals surface area contributed by atoms with Gasteiger partial charge in [0.25, 0.3) is 0 Å². The lowest BCUT2D eigenvalue weighted by Crippen LogP contribution is -2.25. The molecular formula is C22H27BrN4O2. The van der Waals surface area contributed by atoms with Crippen molar-refractivity contribution < 1.29 is 9.68 Å². The molecule has 0 saturated carbocycles. The van der Waals surface area contributed by atoms with Crippen molar-refractivity contribution in [2.45, 2.75) is 40.0 Å². The summed E-state index contributed by atoms with van der Waals surface area (Å²) >= 11 is 3.44. The Hall–Kier alpha value is -2.28. The highest BCUT2D eigenvalue weighted by atomic mass is 79.9. The van der Waals surface area contributed by atoms with E-state index in [4.69, 9.17) is 9.68 Å². The largest absolute Gasteiger partial charge is 0.395 e. The summed E-state index contributed by atoms with van der Waals surface area (Å²) < 4.78 is 0. The first-order valence-electron chi connectivity index (χ1n) is 9.80. The second kappa shape index (κ2) is 9.96. The van der Waals surface area contributed by atoms with Crippen molar-refractivity contribution in [3.8, 4) is 0 Å². The minimum Gasteiger partial charge on any atom is -0.395 e. The molecule has 0 atom stereocenters. The fourth-order valence-corrected chi connectivity index (χ4v) is 3.36. The molecule has 7 heteroatoms. The number of aryl methyl sites for hydroxylation is 2. The average Bonchev–Trinajstić information content (AvgIpc) is 2.72. The highest BCUT2D eigenvalue weighted by molar-refractivity contribution is 9.09. The maximum Gasteiger partial charge on any atom is 0.125 e. The SMILES string of the molecule is Cc1ccc2c(n1)/C(=N/OCC(C)(C)CO/N=C(/CBr)c1ccccn1)CCC2. The van der Waals surface area contributed by atoms with Crippen molar-refractivity contribution in [3.63, 3.8) is 0 Å². The Balaban J connectivity index is 1.56. The number of alkyl halides is 1. The first-order valence-corrected chi connectivity index (χ1v) is 10.9. The molecule has 0 unspecified atom stereocenters. The van der Waals surface area contributed by atoms with Crippen LogP contribution in [0.5, 0.6) is 0 Å². The Morgan fingerprint density at radius 1 is 1.14 bits per heavy atom. The van der Waals surface area contributed by atoms with Crippen molar-refractivity contribution in [3.05, 3.63) is 59.2 Å². The van der Waals surface area contributed by atoms with E-state index in [1.54, 1.807) is 6.20 Å². The number of aromatic nitrogens is 2. The molecule has 1 aliphatic carbocycles. The first kappa shape index (κ1) is 21.4. The predicted octanol–water partition coefficient (Wildman–Crippen LogP) is 4.68. The Labute approximate surface area is 180 Å². The van der Waals surface area contributed by atoms with Crippen LogP contribution >= 0.6 is 15.9 Å². The van der Waals surface area contributed by atoms with E-state index < -0.39 is 0 Å². The molecule has 0 aromatic carbocycles. The van der Waals surface area contributed by atoms with Gasteiger partial charge in [0.15, 0.2) is 0 Å². The standard InChI is InChI=1S/C22H27BrN4O2/c1-16-10-11-17-7-6-9-19(21(17)25-16)26-28-14-22(2,3)15-29-27-20(13-23)18-8-4-5-12-24-18/h4-5,8,10-12H,6-7,9,13-15H2,1-3H3/b26-19+,27-20-. The van der Waals surface area contributed by atoms with Crippen molar-refractivity contribution in [1.82, 2.24) is 9.97 Å². The number of hydrogen-bond donors (Lipinski definition) is 0. The Morgan fingerprint density at radius 3 is 2.72 bits per heavy atom.